The second-order valence-corrected chi connectivity index (χ2v) is 8.06. The third kappa shape index (κ3) is 3.99. The number of aryl methyl sites for hydroxylation is 1. The first-order chi connectivity index (χ1) is 12.8. The lowest BCUT2D eigenvalue weighted by molar-refractivity contribution is -0.134. The molecule has 0 aliphatic carbocycles. The first-order valence-corrected chi connectivity index (χ1v) is 9.80. The Kier molecular flexibility index (Phi) is 5.53. The summed E-state index contributed by atoms with van der Waals surface area (Å²) >= 11 is 0. The number of likely N-dealkylation sites (tertiary alicyclic amines) is 1. The molecule has 0 bridgehead atoms. The van der Waals surface area contributed by atoms with Crippen LogP contribution in [0.5, 0.6) is 0 Å². The van der Waals surface area contributed by atoms with Gasteiger partial charge in [-0.1, -0.05) is 45.0 Å². The van der Waals surface area contributed by atoms with Crippen molar-refractivity contribution in [1.29, 1.82) is 0 Å². The molecule has 0 aromatic heterocycles. The Hall–Kier alpha value is -2.37. The van der Waals surface area contributed by atoms with Crippen molar-refractivity contribution < 1.29 is 14.4 Å². The first-order valence-electron chi connectivity index (χ1n) is 9.80. The van der Waals surface area contributed by atoms with Crippen molar-refractivity contribution in [1.82, 2.24) is 15.5 Å². The Morgan fingerprint density at radius 1 is 1.26 bits per heavy atom. The van der Waals surface area contributed by atoms with Gasteiger partial charge in [-0.05, 0) is 30.4 Å². The molecule has 3 amide bonds. The van der Waals surface area contributed by atoms with Gasteiger partial charge in [0, 0.05) is 25.6 Å². The zero-order chi connectivity index (χ0) is 19.6. The van der Waals surface area contributed by atoms with Gasteiger partial charge in [-0.2, -0.15) is 0 Å². The van der Waals surface area contributed by atoms with Crippen LogP contribution in [0, 0.1) is 11.3 Å². The van der Waals surface area contributed by atoms with Crippen molar-refractivity contribution in [2.45, 2.75) is 52.6 Å². The van der Waals surface area contributed by atoms with Crippen LogP contribution in [0.15, 0.2) is 24.3 Å². The van der Waals surface area contributed by atoms with Crippen LogP contribution in [0.2, 0.25) is 0 Å². The molecule has 0 unspecified atom stereocenters. The summed E-state index contributed by atoms with van der Waals surface area (Å²) in [5, 5.41) is 5.76. The maximum Gasteiger partial charge on any atom is 0.242 e. The van der Waals surface area contributed by atoms with Crippen LogP contribution >= 0.6 is 0 Å². The summed E-state index contributed by atoms with van der Waals surface area (Å²) in [6.07, 6.45) is 2.06. The lowest BCUT2D eigenvalue weighted by atomic mass is 9.84. The van der Waals surface area contributed by atoms with Crippen molar-refractivity contribution in [2.75, 3.05) is 13.1 Å². The van der Waals surface area contributed by atoms with Crippen molar-refractivity contribution in [2.24, 2.45) is 11.3 Å². The molecule has 6 nitrogen and oxygen atoms in total. The summed E-state index contributed by atoms with van der Waals surface area (Å²) in [6, 6.07) is 7.63. The summed E-state index contributed by atoms with van der Waals surface area (Å²) in [5.74, 6) is -0.270. The topological polar surface area (TPSA) is 78.5 Å². The number of carbonyl (C=O) groups is 3. The monoisotopic (exact) mass is 371 g/mol. The summed E-state index contributed by atoms with van der Waals surface area (Å²) < 4.78 is 0. The van der Waals surface area contributed by atoms with Gasteiger partial charge in [-0.25, -0.2) is 0 Å². The standard InChI is InChI=1S/C21H29N3O3/c1-4-15-5-7-16(8-6-15)12-22-18(25)17-11-21(20(27)23-17)9-10-24(13-21)19(26)14(2)3/h5-8,14,17H,4,9-13H2,1-3H3,(H,22,25)(H,23,27)/t17-,21+/m0/s1. The number of benzene rings is 1. The Morgan fingerprint density at radius 3 is 2.56 bits per heavy atom. The van der Waals surface area contributed by atoms with Gasteiger partial charge >= 0.3 is 0 Å². The number of nitrogens with one attached hydrogen (secondary N) is 2. The van der Waals surface area contributed by atoms with E-state index in [4.69, 9.17) is 0 Å². The van der Waals surface area contributed by atoms with E-state index >= 15 is 0 Å². The van der Waals surface area contributed by atoms with Gasteiger partial charge in [0.05, 0.1) is 5.41 Å². The highest BCUT2D eigenvalue weighted by Crippen LogP contribution is 2.39. The highest BCUT2D eigenvalue weighted by atomic mass is 16.2. The van der Waals surface area contributed by atoms with Crippen LogP contribution in [-0.4, -0.2) is 41.8 Å². The third-order valence-electron chi connectivity index (χ3n) is 5.76. The number of hydrogen-bond acceptors (Lipinski definition) is 3. The second-order valence-electron chi connectivity index (χ2n) is 8.06. The Balaban J connectivity index is 1.56. The molecule has 1 aromatic carbocycles. The average molecular weight is 371 g/mol. The van der Waals surface area contributed by atoms with Crippen LogP contribution in [0.1, 0.15) is 44.7 Å². The molecule has 3 rings (SSSR count). The molecule has 1 spiro atoms. The summed E-state index contributed by atoms with van der Waals surface area (Å²) in [4.78, 5) is 39.1. The summed E-state index contributed by atoms with van der Waals surface area (Å²) in [5.41, 5.74) is 1.68. The molecule has 146 valence electrons. The molecule has 2 aliphatic rings. The molecule has 6 heteroatoms. The lowest BCUT2D eigenvalue weighted by Crippen LogP contribution is -2.41. The zero-order valence-electron chi connectivity index (χ0n) is 16.4. The molecule has 2 N–H and O–H groups in total. The van der Waals surface area contributed by atoms with Crippen molar-refractivity contribution in [3.63, 3.8) is 0 Å². The predicted octanol–water partition coefficient (Wildman–Crippen LogP) is 1.63. The largest absolute Gasteiger partial charge is 0.350 e. The number of amides is 3. The first kappa shape index (κ1) is 19.4. The van der Waals surface area contributed by atoms with Crippen molar-refractivity contribution in [3.8, 4) is 0 Å². The van der Waals surface area contributed by atoms with E-state index < -0.39 is 11.5 Å². The van der Waals surface area contributed by atoms with E-state index in [2.05, 4.69) is 29.7 Å². The highest BCUT2D eigenvalue weighted by molar-refractivity contribution is 5.95. The fraction of sp³-hybridized carbons (Fsp3) is 0.571. The molecule has 0 radical (unpaired) electrons. The van der Waals surface area contributed by atoms with E-state index in [9.17, 15) is 14.4 Å². The average Bonchev–Trinajstić information content (AvgIpc) is 3.24. The molecule has 2 saturated heterocycles. The Morgan fingerprint density at radius 2 is 1.93 bits per heavy atom. The summed E-state index contributed by atoms with van der Waals surface area (Å²) in [7, 11) is 0. The van der Waals surface area contributed by atoms with Gasteiger partial charge in [-0.15, -0.1) is 0 Å². The van der Waals surface area contributed by atoms with Crippen LogP contribution in [-0.2, 0) is 27.3 Å². The molecular weight excluding hydrogens is 342 g/mol. The Bertz CT molecular complexity index is 729. The minimum absolute atomic E-state index is 0.0723. The van der Waals surface area contributed by atoms with Gasteiger partial charge < -0.3 is 15.5 Å². The second kappa shape index (κ2) is 7.71. The smallest absolute Gasteiger partial charge is 0.242 e. The molecule has 1 aromatic rings. The van der Waals surface area contributed by atoms with Gasteiger partial charge in [0.15, 0.2) is 0 Å². The maximum atomic E-state index is 12.6. The molecule has 0 saturated carbocycles. The van der Waals surface area contributed by atoms with Crippen LogP contribution in [0.4, 0.5) is 0 Å². The predicted molar refractivity (Wildman–Crippen MR) is 103 cm³/mol. The number of rotatable bonds is 5. The van der Waals surface area contributed by atoms with E-state index in [1.165, 1.54) is 5.56 Å². The minimum Gasteiger partial charge on any atom is -0.350 e. The van der Waals surface area contributed by atoms with E-state index in [-0.39, 0.29) is 23.6 Å². The fourth-order valence-electron chi connectivity index (χ4n) is 3.99. The molecule has 27 heavy (non-hydrogen) atoms. The Labute approximate surface area is 160 Å². The van der Waals surface area contributed by atoms with Gasteiger partial charge in [0.25, 0.3) is 0 Å². The van der Waals surface area contributed by atoms with Crippen LogP contribution in [0.3, 0.4) is 0 Å². The molecule has 2 aliphatic heterocycles. The highest BCUT2D eigenvalue weighted by Gasteiger charge is 2.53. The number of hydrogen-bond donors (Lipinski definition) is 2. The summed E-state index contributed by atoms with van der Waals surface area (Å²) in [6.45, 7) is 7.28. The molecule has 2 fully saturated rings. The quantitative estimate of drug-likeness (QED) is 0.826. The van der Waals surface area contributed by atoms with Gasteiger partial charge in [0.1, 0.15) is 6.04 Å². The van der Waals surface area contributed by atoms with Crippen molar-refractivity contribution >= 4 is 17.7 Å². The SMILES string of the molecule is CCc1ccc(CNC(=O)[C@@H]2C[C@@]3(CCN(C(=O)C(C)C)C3)C(=O)N2)cc1. The number of nitrogens with zero attached hydrogens (tertiary/aromatic N) is 1. The van der Waals surface area contributed by atoms with E-state index in [1.807, 2.05) is 26.0 Å². The fourth-order valence-corrected chi connectivity index (χ4v) is 3.99. The maximum absolute atomic E-state index is 12.6. The van der Waals surface area contributed by atoms with E-state index in [1.54, 1.807) is 4.90 Å². The zero-order valence-corrected chi connectivity index (χ0v) is 16.4. The lowest BCUT2D eigenvalue weighted by Gasteiger charge is -2.22. The van der Waals surface area contributed by atoms with Crippen LogP contribution in [0.25, 0.3) is 0 Å². The molecule has 2 atom stereocenters. The molecular formula is C21H29N3O3. The van der Waals surface area contributed by atoms with Gasteiger partial charge in [0.2, 0.25) is 17.7 Å². The van der Waals surface area contributed by atoms with Crippen molar-refractivity contribution in [3.05, 3.63) is 35.4 Å². The molecule has 2 heterocycles. The number of carbonyl (C=O) groups excluding carboxylic acids is 3. The van der Waals surface area contributed by atoms with Crippen LogP contribution < -0.4 is 10.6 Å². The van der Waals surface area contributed by atoms with E-state index in [0.29, 0.717) is 32.5 Å². The third-order valence-corrected chi connectivity index (χ3v) is 5.76. The normalized spacial score (nSPS) is 24.5. The van der Waals surface area contributed by atoms with Gasteiger partial charge in [-0.3, -0.25) is 14.4 Å². The van der Waals surface area contributed by atoms with E-state index in [0.717, 1.165) is 12.0 Å². The minimum atomic E-state index is -0.616.